The van der Waals surface area contributed by atoms with Crippen LogP contribution in [0.4, 0.5) is 0 Å². The number of halogens is 1. The third kappa shape index (κ3) is 5.89. The van der Waals surface area contributed by atoms with E-state index in [1.165, 1.54) is 10.5 Å². The molecule has 1 heterocycles. The minimum atomic E-state index is 0. The average Bonchev–Trinajstić information content (AvgIpc) is 2.45. The number of amides is 1. The molecule has 0 unspecified atom stereocenters. The molecule has 1 aliphatic heterocycles. The minimum absolute atomic E-state index is 0. The van der Waals surface area contributed by atoms with Crippen LogP contribution in [0.25, 0.3) is 0 Å². The lowest BCUT2D eigenvalue weighted by Gasteiger charge is -2.34. The second-order valence-corrected chi connectivity index (χ2v) is 6.91. The molecule has 118 valence electrons. The zero-order valence-electron chi connectivity index (χ0n) is 12.8. The van der Waals surface area contributed by atoms with Gasteiger partial charge in [0, 0.05) is 11.4 Å². The normalized spacial score (nSPS) is 16.9. The van der Waals surface area contributed by atoms with Gasteiger partial charge in [-0.25, -0.2) is 0 Å². The van der Waals surface area contributed by atoms with Gasteiger partial charge in [-0.3, -0.25) is 4.79 Å². The van der Waals surface area contributed by atoms with Crippen LogP contribution in [0, 0.1) is 12.3 Å². The number of hydrogen-bond acceptors (Lipinski definition) is 3. The summed E-state index contributed by atoms with van der Waals surface area (Å²) in [6, 6.07) is 8.19. The number of hydrogen-bond donors (Lipinski definition) is 2. The lowest BCUT2D eigenvalue weighted by Crippen LogP contribution is -2.43. The molecule has 1 amide bonds. The number of rotatable bonds is 5. The Morgan fingerprint density at radius 3 is 2.67 bits per heavy atom. The zero-order valence-corrected chi connectivity index (χ0v) is 14.4. The highest BCUT2D eigenvalue weighted by molar-refractivity contribution is 8.00. The second kappa shape index (κ2) is 8.66. The van der Waals surface area contributed by atoms with Crippen LogP contribution >= 0.6 is 24.2 Å². The van der Waals surface area contributed by atoms with Crippen molar-refractivity contribution < 1.29 is 4.79 Å². The molecule has 0 atom stereocenters. The lowest BCUT2D eigenvalue weighted by molar-refractivity contribution is -0.119. The van der Waals surface area contributed by atoms with E-state index in [1.807, 2.05) is 12.1 Å². The monoisotopic (exact) mass is 328 g/mol. The number of carbonyl (C=O) groups is 1. The number of piperidine rings is 1. The highest BCUT2D eigenvalue weighted by atomic mass is 35.5. The summed E-state index contributed by atoms with van der Waals surface area (Å²) >= 11 is 1.62. The van der Waals surface area contributed by atoms with Crippen molar-refractivity contribution in [2.24, 2.45) is 5.41 Å². The van der Waals surface area contributed by atoms with E-state index in [4.69, 9.17) is 0 Å². The van der Waals surface area contributed by atoms with Gasteiger partial charge in [-0.05, 0) is 49.9 Å². The molecule has 5 heteroatoms. The van der Waals surface area contributed by atoms with Crippen LogP contribution in [0.5, 0.6) is 0 Å². The second-order valence-electron chi connectivity index (χ2n) is 5.89. The molecule has 3 nitrogen and oxygen atoms in total. The van der Waals surface area contributed by atoms with Crippen LogP contribution < -0.4 is 10.6 Å². The Kier molecular flexibility index (Phi) is 7.57. The summed E-state index contributed by atoms with van der Waals surface area (Å²) in [7, 11) is 0. The summed E-state index contributed by atoms with van der Waals surface area (Å²) in [6.45, 7) is 7.26. The fourth-order valence-corrected chi connectivity index (χ4v) is 3.29. The molecule has 2 N–H and O–H groups in total. The van der Waals surface area contributed by atoms with E-state index in [0.717, 1.165) is 32.5 Å². The first-order chi connectivity index (χ1) is 9.59. The van der Waals surface area contributed by atoms with Crippen molar-refractivity contribution in [1.82, 2.24) is 10.6 Å². The standard InChI is InChI=1S/C16H24N2OS.ClH/c1-13-5-3-4-6-14(13)20-11-15(19)18-12-16(2)7-9-17-10-8-16;/h3-6,17H,7-12H2,1-2H3,(H,18,19);1H. The molecule has 0 spiro atoms. The molecule has 1 aliphatic rings. The summed E-state index contributed by atoms with van der Waals surface area (Å²) < 4.78 is 0. The van der Waals surface area contributed by atoms with Crippen LogP contribution in [-0.4, -0.2) is 31.3 Å². The first-order valence-corrected chi connectivity index (χ1v) is 8.23. The predicted octanol–water partition coefficient (Wildman–Crippen LogP) is 3.01. The van der Waals surface area contributed by atoms with Gasteiger partial charge in [-0.15, -0.1) is 24.2 Å². The van der Waals surface area contributed by atoms with E-state index >= 15 is 0 Å². The van der Waals surface area contributed by atoms with Crippen molar-refractivity contribution in [3.05, 3.63) is 29.8 Å². The highest BCUT2D eigenvalue weighted by Crippen LogP contribution is 2.27. The molecule has 0 saturated carbocycles. The molecule has 0 bridgehead atoms. The van der Waals surface area contributed by atoms with Crippen LogP contribution in [0.1, 0.15) is 25.3 Å². The lowest BCUT2D eigenvalue weighted by atomic mass is 9.81. The van der Waals surface area contributed by atoms with Gasteiger partial charge in [-0.2, -0.15) is 0 Å². The molecule has 1 saturated heterocycles. The van der Waals surface area contributed by atoms with Crippen molar-refractivity contribution in [1.29, 1.82) is 0 Å². The van der Waals surface area contributed by atoms with Gasteiger partial charge >= 0.3 is 0 Å². The molecule has 0 aromatic heterocycles. The van der Waals surface area contributed by atoms with Gasteiger partial charge < -0.3 is 10.6 Å². The van der Waals surface area contributed by atoms with E-state index < -0.39 is 0 Å². The summed E-state index contributed by atoms with van der Waals surface area (Å²) in [6.07, 6.45) is 2.27. The van der Waals surface area contributed by atoms with Crippen molar-refractivity contribution in [3.63, 3.8) is 0 Å². The summed E-state index contributed by atoms with van der Waals surface area (Å²) in [5.41, 5.74) is 1.49. The number of thioether (sulfide) groups is 1. The van der Waals surface area contributed by atoms with E-state index in [2.05, 4.69) is 36.6 Å². The Morgan fingerprint density at radius 1 is 1.33 bits per heavy atom. The number of benzene rings is 1. The van der Waals surface area contributed by atoms with Crippen molar-refractivity contribution >= 4 is 30.1 Å². The third-order valence-electron chi connectivity index (χ3n) is 3.98. The van der Waals surface area contributed by atoms with Gasteiger partial charge in [0.05, 0.1) is 5.75 Å². The average molecular weight is 329 g/mol. The maximum atomic E-state index is 12.0. The first-order valence-electron chi connectivity index (χ1n) is 7.25. The van der Waals surface area contributed by atoms with Gasteiger partial charge in [-0.1, -0.05) is 25.1 Å². The first kappa shape index (κ1) is 18.3. The fourth-order valence-electron chi connectivity index (χ4n) is 2.43. The maximum Gasteiger partial charge on any atom is 0.230 e. The van der Waals surface area contributed by atoms with Gasteiger partial charge in [0.15, 0.2) is 0 Å². The zero-order chi connectivity index (χ0) is 14.4. The summed E-state index contributed by atoms with van der Waals surface area (Å²) in [4.78, 5) is 13.2. The molecule has 21 heavy (non-hydrogen) atoms. The number of nitrogens with one attached hydrogen (secondary N) is 2. The highest BCUT2D eigenvalue weighted by Gasteiger charge is 2.26. The Morgan fingerprint density at radius 2 is 2.00 bits per heavy atom. The molecule has 1 aromatic rings. The maximum absolute atomic E-state index is 12.0. The van der Waals surface area contributed by atoms with Crippen LogP contribution in [0.2, 0.25) is 0 Å². The largest absolute Gasteiger partial charge is 0.355 e. The Labute approximate surface area is 138 Å². The molecular formula is C16H25ClN2OS. The van der Waals surface area contributed by atoms with E-state index in [1.54, 1.807) is 11.8 Å². The number of aryl methyl sites for hydroxylation is 1. The quantitative estimate of drug-likeness (QED) is 0.816. The minimum Gasteiger partial charge on any atom is -0.355 e. The Balaban J connectivity index is 0.00000220. The van der Waals surface area contributed by atoms with Crippen molar-refractivity contribution in [2.75, 3.05) is 25.4 Å². The molecular weight excluding hydrogens is 304 g/mol. The van der Waals surface area contributed by atoms with Crippen molar-refractivity contribution in [2.45, 2.75) is 31.6 Å². The van der Waals surface area contributed by atoms with E-state index in [9.17, 15) is 4.79 Å². The molecule has 1 aromatic carbocycles. The summed E-state index contributed by atoms with van der Waals surface area (Å²) in [5.74, 6) is 0.636. The van der Waals surface area contributed by atoms with Gasteiger partial charge in [0.2, 0.25) is 5.91 Å². The fraction of sp³-hybridized carbons (Fsp3) is 0.562. The van der Waals surface area contributed by atoms with Crippen molar-refractivity contribution in [3.8, 4) is 0 Å². The SMILES string of the molecule is Cc1ccccc1SCC(=O)NCC1(C)CCNCC1.Cl. The third-order valence-corrected chi connectivity index (χ3v) is 5.15. The van der Waals surface area contributed by atoms with E-state index in [-0.39, 0.29) is 23.7 Å². The van der Waals surface area contributed by atoms with Crippen LogP contribution in [-0.2, 0) is 4.79 Å². The smallest absolute Gasteiger partial charge is 0.230 e. The predicted molar refractivity (Wildman–Crippen MR) is 92.4 cm³/mol. The van der Waals surface area contributed by atoms with E-state index in [0.29, 0.717) is 5.75 Å². The topological polar surface area (TPSA) is 41.1 Å². The molecule has 0 radical (unpaired) electrons. The van der Waals surface area contributed by atoms with Crippen LogP contribution in [0.15, 0.2) is 29.2 Å². The molecule has 1 fully saturated rings. The Bertz CT molecular complexity index is 461. The van der Waals surface area contributed by atoms with Gasteiger partial charge in [0.25, 0.3) is 0 Å². The van der Waals surface area contributed by atoms with Gasteiger partial charge in [0.1, 0.15) is 0 Å². The molecule has 0 aliphatic carbocycles. The summed E-state index contributed by atoms with van der Waals surface area (Å²) in [5, 5.41) is 6.46. The Hall–Kier alpha value is -0.710. The van der Waals surface area contributed by atoms with Crippen LogP contribution in [0.3, 0.4) is 0 Å². The molecule has 2 rings (SSSR count). The number of carbonyl (C=O) groups excluding carboxylic acids is 1.